The van der Waals surface area contributed by atoms with Gasteiger partial charge in [-0.05, 0) is 37.3 Å². The van der Waals surface area contributed by atoms with Crippen LogP contribution in [-0.2, 0) is 0 Å². The van der Waals surface area contributed by atoms with E-state index in [1.807, 2.05) is 12.3 Å². The van der Waals surface area contributed by atoms with E-state index in [1.54, 1.807) is 0 Å². The average molecular weight is 132 g/mol. The Morgan fingerprint density at radius 2 is 2.20 bits per heavy atom. The van der Waals surface area contributed by atoms with Crippen LogP contribution in [0.3, 0.4) is 0 Å². The SMILES string of the molecule is [CH2]c1ccc(C2CC2)cn1. The Labute approximate surface area is 61.1 Å². The van der Waals surface area contributed by atoms with E-state index in [9.17, 15) is 0 Å². The second-order valence-corrected chi connectivity index (χ2v) is 2.86. The highest BCUT2D eigenvalue weighted by Gasteiger charge is 2.23. The molecule has 1 aliphatic carbocycles. The van der Waals surface area contributed by atoms with Crippen molar-refractivity contribution in [2.75, 3.05) is 0 Å². The fourth-order valence-electron chi connectivity index (χ4n) is 1.09. The summed E-state index contributed by atoms with van der Waals surface area (Å²) in [5.41, 5.74) is 2.25. The Bertz CT molecular complexity index is 221. The quantitative estimate of drug-likeness (QED) is 0.570. The molecule has 0 N–H and O–H groups in total. The molecule has 1 aliphatic rings. The van der Waals surface area contributed by atoms with E-state index in [0.29, 0.717) is 0 Å². The maximum Gasteiger partial charge on any atom is 0.0407 e. The fraction of sp³-hybridized carbons (Fsp3) is 0.333. The standard InChI is InChI=1S/C9H10N/c1-7-2-3-9(6-10-7)8-4-5-8/h2-3,6,8H,1,4-5H2. The van der Waals surface area contributed by atoms with Gasteiger partial charge < -0.3 is 0 Å². The van der Waals surface area contributed by atoms with E-state index in [2.05, 4.69) is 18.0 Å². The van der Waals surface area contributed by atoms with E-state index >= 15 is 0 Å². The summed E-state index contributed by atoms with van der Waals surface area (Å²) in [5, 5.41) is 0. The normalized spacial score (nSPS) is 17.3. The fourth-order valence-corrected chi connectivity index (χ4v) is 1.09. The van der Waals surface area contributed by atoms with Crippen LogP contribution in [0.2, 0.25) is 0 Å². The topological polar surface area (TPSA) is 12.9 Å². The second kappa shape index (κ2) is 2.08. The van der Waals surface area contributed by atoms with Crippen LogP contribution in [0.1, 0.15) is 30.0 Å². The molecule has 1 saturated carbocycles. The lowest BCUT2D eigenvalue weighted by molar-refractivity contribution is 1.08. The van der Waals surface area contributed by atoms with Crippen LogP contribution in [0.5, 0.6) is 0 Å². The molecule has 0 saturated heterocycles. The minimum atomic E-state index is 0.813. The largest absolute Gasteiger partial charge is 0.261 e. The molecular formula is C9H10N. The van der Waals surface area contributed by atoms with Gasteiger partial charge in [0.25, 0.3) is 0 Å². The van der Waals surface area contributed by atoms with Gasteiger partial charge in [0.05, 0.1) is 0 Å². The molecule has 1 heteroatoms. The molecule has 1 heterocycles. The third-order valence-electron chi connectivity index (χ3n) is 1.90. The van der Waals surface area contributed by atoms with E-state index in [1.165, 1.54) is 18.4 Å². The number of hydrogen-bond donors (Lipinski definition) is 0. The van der Waals surface area contributed by atoms with Crippen LogP contribution in [0, 0.1) is 6.92 Å². The number of aromatic nitrogens is 1. The van der Waals surface area contributed by atoms with E-state index in [4.69, 9.17) is 0 Å². The highest BCUT2D eigenvalue weighted by Crippen LogP contribution is 2.39. The van der Waals surface area contributed by atoms with Gasteiger partial charge in [0.2, 0.25) is 0 Å². The number of pyridine rings is 1. The van der Waals surface area contributed by atoms with Crippen molar-refractivity contribution in [2.24, 2.45) is 0 Å². The molecule has 0 spiro atoms. The predicted molar refractivity (Wildman–Crippen MR) is 40.7 cm³/mol. The third-order valence-corrected chi connectivity index (χ3v) is 1.90. The lowest BCUT2D eigenvalue weighted by atomic mass is 10.2. The summed E-state index contributed by atoms with van der Waals surface area (Å²) in [5.74, 6) is 0.813. The Hall–Kier alpha value is -0.850. The van der Waals surface area contributed by atoms with Gasteiger partial charge in [-0.1, -0.05) is 6.07 Å². The van der Waals surface area contributed by atoms with Crippen LogP contribution in [-0.4, -0.2) is 4.98 Å². The lowest BCUT2D eigenvalue weighted by Crippen LogP contribution is -1.83. The number of hydrogen-bond acceptors (Lipinski definition) is 1. The van der Waals surface area contributed by atoms with E-state index in [0.717, 1.165) is 11.6 Å². The molecule has 51 valence electrons. The van der Waals surface area contributed by atoms with Crippen molar-refractivity contribution in [3.05, 3.63) is 36.5 Å². The maximum atomic E-state index is 4.13. The molecule has 1 aromatic heterocycles. The molecular weight excluding hydrogens is 122 g/mol. The molecule has 1 aromatic rings. The molecule has 0 atom stereocenters. The number of nitrogens with zero attached hydrogens (tertiary/aromatic N) is 1. The smallest absolute Gasteiger partial charge is 0.0407 e. The highest BCUT2D eigenvalue weighted by molar-refractivity contribution is 5.22. The Morgan fingerprint density at radius 1 is 1.40 bits per heavy atom. The molecule has 0 bridgehead atoms. The molecule has 2 rings (SSSR count). The Balaban J connectivity index is 2.28. The monoisotopic (exact) mass is 132 g/mol. The summed E-state index contributed by atoms with van der Waals surface area (Å²) in [6.07, 6.45) is 4.64. The molecule has 0 amide bonds. The minimum absolute atomic E-state index is 0.813. The molecule has 0 aromatic carbocycles. The second-order valence-electron chi connectivity index (χ2n) is 2.86. The molecule has 1 radical (unpaired) electrons. The van der Waals surface area contributed by atoms with Crippen molar-refractivity contribution in [2.45, 2.75) is 18.8 Å². The van der Waals surface area contributed by atoms with Gasteiger partial charge in [0, 0.05) is 11.9 Å². The summed E-state index contributed by atoms with van der Waals surface area (Å²) in [6.45, 7) is 3.73. The highest BCUT2D eigenvalue weighted by atomic mass is 14.7. The Kier molecular flexibility index (Phi) is 1.23. The van der Waals surface area contributed by atoms with Crippen molar-refractivity contribution < 1.29 is 0 Å². The zero-order valence-corrected chi connectivity index (χ0v) is 5.88. The van der Waals surface area contributed by atoms with Crippen LogP contribution >= 0.6 is 0 Å². The molecule has 1 nitrogen and oxygen atoms in total. The molecule has 0 aliphatic heterocycles. The molecule has 0 unspecified atom stereocenters. The Morgan fingerprint density at radius 3 is 2.70 bits per heavy atom. The summed E-state index contributed by atoms with van der Waals surface area (Å²) in [7, 11) is 0. The first-order valence-corrected chi connectivity index (χ1v) is 3.64. The van der Waals surface area contributed by atoms with Crippen LogP contribution < -0.4 is 0 Å². The van der Waals surface area contributed by atoms with E-state index < -0.39 is 0 Å². The van der Waals surface area contributed by atoms with Crippen LogP contribution in [0.15, 0.2) is 18.3 Å². The van der Waals surface area contributed by atoms with Crippen molar-refractivity contribution in [1.82, 2.24) is 4.98 Å². The van der Waals surface area contributed by atoms with Gasteiger partial charge in [0.1, 0.15) is 0 Å². The van der Waals surface area contributed by atoms with E-state index in [-0.39, 0.29) is 0 Å². The number of rotatable bonds is 1. The summed E-state index contributed by atoms with van der Waals surface area (Å²) in [4.78, 5) is 4.13. The van der Waals surface area contributed by atoms with Crippen LogP contribution in [0.25, 0.3) is 0 Å². The zero-order valence-electron chi connectivity index (χ0n) is 5.88. The van der Waals surface area contributed by atoms with Gasteiger partial charge >= 0.3 is 0 Å². The minimum Gasteiger partial charge on any atom is -0.261 e. The first kappa shape index (κ1) is 5.90. The van der Waals surface area contributed by atoms with Crippen LogP contribution in [0.4, 0.5) is 0 Å². The maximum absolute atomic E-state index is 4.13. The first-order chi connectivity index (χ1) is 4.86. The van der Waals surface area contributed by atoms with Gasteiger partial charge in [-0.25, -0.2) is 0 Å². The van der Waals surface area contributed by atoms with Gasteiger partial charge in [-0.3, -0.25) is 4.98 Å². The van der Waals surface area contributed by atoms with Crippen molar-refractivity contribution >= 4 is 0 Å². The third kappa shape index (κ3) is 1.04. The molecule has 1 fully saturated rings. The summed E-state index contributed by atoms with van der Waals surface area (Å²) in [6, 6.07) is 4.11. The summed E-state index contributed by atoms with van der Waals surface area (Å²) >= 11 is 0. The first-order valence-electron chi connectivity index (χ1n) is 3.64. The van der Waals surface area contributed by atoms with Gasteiger partial charge in [-0.2, -0.15) is 0 Å². The average Bonchev–Trinajstić information content (AvgIpc) is 2.71. The zero-order chi connectivity index (χ0) is 6.97. The van der Waals surface area contributed by atoms with Crippen molar-refractivity contribution in [3.8, 4) is 0 Å². The van der Waals surface area contributed by atoms with Crippen molar-refractivity contribution in [3.63, 3.8) is 0 Å². The summed E-state index contributed by atoms with van der Waals surface area (Å²) < 4.78 is 0. The predicted octanol–water partition coefficient (Wildman–Crippen LogP) is 2.14. The molecule has 10 heavy (non-hydrogen) atoms. The lowest BCUT2D eigenvalue weighted by Gasteiger charge is -1.95. The van der Waals surface area contributed by atoms with Gasteiger partial charge in [-0.15, -0.1) is 0 Å². The van der Waals surface area contributed by atoms with Gasteiger partial charge in [0.15, 0.2) is 0 Å². The van der Waals surface area contributed by atoms with Crippen molar-refractivity contribution in [1.29, 1.82) is 0 Å².